The van der Waals surface area contributed by atoms with E-state index in [0.29, 0.717) is 34.8 Å². The molecule has 41 heavy (non-hydrogen) atoms. The van der Waals surface area contributed by atoms with Gasteiger partial charge in [-0.25, -0.2) is 14.6 Å². The van der Waals surface area contributed by atoms with Crippen LogP contribution >= 0.6 is 12.4 Å². The lowest BCUT2D eigenvalue weighted by atomic mass is 9.97. The summed E-state index contributed by atoms with van der Waals surface area (Å²) in [4.78, 5) is 23.7. The third-order valence-electron chi connectivity index (χ3n) is 7.09. The molecule has 1 amide bonds. The Bertz CT molecular complexity index is 1630. The molecule has 1 saturated heterocycles. The first-order valence-corrected chi connectivity index (χ1v) is 12.9. The van der Waals surface area contributed by atoms with E-state index < -0.39 is 17.6 Å². The Morgan fingerprint density at radius 2 is 1.88 bits per heavy atom. The zero-order valence-electron chi connectivity index (χ0n) is 22.5. The lowest BCUT2D eigenvalue weighted by Gasteiger charge is -2.28. The molecule has 3 heterocycles. The third kappa shape index (κ3) is 6.78. The molecule has 8 nitrogen and oxygen atoms in total. The maximum absolute atomic E-state index is 13.1. The molecule has 0 bridgehead atoms. The molecule has 5 rings (SSSR count). The Labute approximate surface area is 241 Å². The number of carbonyl (C=O) groups is 1. The average molecular weight is 584 g/mol. The van der Waals surface area contributed by atoms with Gasteiger partial charge in [-0.1, -0.05) is 18.1 Å². The predicted molar refractivity (Wildman–Crippen MR) is 154 cm³/mol. The van der Waals surface area contributed by atoms with Gasteiger partial charge < -0.3 is 16.0 Å². The van der Waals surface area contributed by atoms with E-state index in [1.165, 1.54) is 18.5 Å². The number of piperidine rings is 1. The number of halogens is 4. The zero-order chi connectivity index (χ0) is 28.4. The Kier molecular flexibility index (Phi) is 8.85. The number of benzene rings is 2. The number of nitrogens with one attached hydrogen (secondary N) is 1. The molecule has 0 spiro atoms. The number of nitrogen functional groups attached to an aromatic ring is 1. The fourth-order valence-electron chi connectivity index (χ4n) is 4.74. The van der Waals surface area contributed by atoms with E-state index in [4.69, 9.17) is 10.8 Å². The normalized spacial score (nSPS) is 14.3. The van der Waals surface area contributed by atoms with Gasteiger partial charge in [-0.05, 0) is 87.6 Å². The van der Waals surface area contributed by atoms with Crippen molar-refractivity contribution in [3.63, 3.8) is 0 Å². The molecule has 1 aliphatic heterocycles. The van der Waals surface area contributed by atoms with Crippen molar-refractivity contribution in [2.75, 3.05) is 31.2 Å². The summed E-state index contributed by atoms with van der Waals surface area (Å²) in [5, 5.41) is 7.84. The Hall–Kier alpha value is -4.14. The molecule has 0 radical (unpaired) electrons. The molecular weight excluding hydrogens is 555 g/mol. The summed E-state index contributed by atoms with van der Waals surface area (Å²) in [6, 6.07) is 9.43. The number of aryl methyl sites for hydroxylation is 1. The summed E-state index contributed by atoms with van der Waals surface area (Å²) >= 11 is 0. The smallest absolute Gasteiger partial charge is 0.383 e. The minimum atomic E-state index is -4.51. The van der Waals surface area contributed by atoms with Crippen molar-refractivity contribution in [1.29, 1.82) is 0 Å². The summed E-state index contributed by atoms with van der Waals surface area (Å²) in [5.41, 5.74) is 8.12. The molecule has 12 heteroatoms. The maximum atomic E-state index is 13.1. The highest BCUT2D eigenvalue weighted by atomic mass is 35.5. The van der Waals surface area contributed by atoms with Crippen LogP contribution in [0.1, 0.15) is 45.6 Å². The first-order valence-electron chi connectivity index (χ1n) is 12.9. The number of anilines is 2. The number of nitrogens with two attached hydrogens (primary N) is 1. The number of alkyl halides is 3. The molecule has 1 fully saturated rings. The standard InChI is InChI=1S/C29H28F3N7O.ClH/c1-18-6-7-21(28(40)36-23-5-3-4-22(15-23)29(30,31)32)14-20(18)8-9-24-25-26(33)34-17-35-27(25)39(37-24)16-19-10-12-38(2)13-11-19;/h3-7,14-15,17,19H,10-13,16H2,1-2H3,(H,36,40)(H2,33,34,35);1H. The lowest BCUT2D eigenvalue weighted by molar-refractivity contribution is -0.137. The van der Waals surface area contributed by atoms with Gasteiger partial charge in [0, 0.05) is 23.4 Å². The van der Waals surface area contributed by atoms with Crippen molar-refractivity contribution in [1.82, 2.24) is 24.6 Å². The maximum Gasteiger partial charge on any atom is 0.416 e. The van der Waals surface area contributed by atoms with Crippen molar-refractivity contribution in [3.8, 4) is 11.8 Å². The SMILES string of the molecule is Cc1ccc(C(=O)Nc2cccc(C(F)(F)F)c2)cc1C#Cc1nn(CC2CCN(C)CC2)c2ncnc(N)c12.Cl. The van der Waals surface area contributed by atoms with Crippen LogP contribution in [0.25, 0.3) is 11.0 Å². The van der Waals surface area contributed by atoms with Crippen molar-refractivity contribution < 1.29 is 18.0 Å². The van der Waals surface area contributed by atoms with Crippen LogP contribution in [-0.4, -0.2) is 50.7 Å². The number of aromatic nitrogens is 4. The van der Waals surface area contributed by atoms with Crippen molar-refractivity contribution >= 4 is 40.9 Å². The average Bonchev–Trinajstić information content (AvgIpc) is 3.27. The molecule has 3 N–H and O–H groups in total. The van der Waals surface area contributed by atoms with E-state index in [1.54, 1.807) is 18.2 Å². The number of rotatable bonds is 4. The first-order chi connectivity index (χ1) is 19.1. The largest absolute Gasteiger partial charge is 0.416 e. The van der Waals surface area contributed by atoms with E-state index >= 15 is 0 Å². The second-order valence-corrected chi connectivity index (χ2v) is 10.0. The highest BCUT2D eigenvalue weighted by Gasteiger charge is 2.30. The highest BCUT2D eigenvalue weighted by molar-refractivity contribution is 6.04. The number of carbonyl (C=O) groups excluding carboxylic acids is 1. The summed E-state index contributed by atoms with van der Waals surface area (Å²) < 4.78 is 41.0. The van der Waals surface area contributed by atoms with Crippen LogP contribution in [0.3, 0.4) is 0 Å². The van der Waals surface area contributed by atoms with Gasteiger partial charge in [-0.3, -0.25) is 4.79 Å². The van der Waals surface area contributed by atoms with Crippen LogP contribution in [-0.2, 0) is 12.7 Å². The number of hydrogen-bond donors (Lipinski definition) is 2. The minimum absolute atomic E-state index is 0. The molecule has 2 aromatic heterocycles. The predicted octanol–water partition coefficient (Wildman–Crippen LogP) is 5.15. The molecular formula is C29H29ClF3N7O. The van der Waals surface area contributed by atoms with Gasteiger partial charge in [-0.2, -0.15) is 18.3 Å². The second kappa shape index (κ2) is 12.2. The monoisotopic (exact) mass is 583 g/mol. The van der Waals surface area contributed by atoms with Crippen LogP contribution in [0.5, 0.6) is 0 Å². The highest BCUT2D eigenvalue weighted by Crippen LogP contribution is 2.31. The van der Waals surface area contributed by atoms with Crippen LogP contribution in [0.4, 0.5) is 24.7 Å². The van der Waals surface area contributed by atoms with Crippen LogP contribution in [0.2, 0.25) is 0 Å². The number of hydrogen-bond acceptors (Lipinski definition) is 6. The summed E-state index contributed by atoms with van der Waals surface area (Å²) in [6.07, 6.45) is -0.966. The van der Waals surface area contributed by atoms with Crippen molar-refractivity contribution in [2.45, 2.75) is 32.5 Å². The fraction of sp³-hybridized carbons (Fsp3) is 0.310. The van der Waals surface area contributed by atoms with E-state index in [0.717, 1.165) is 43.6 Å². The van der Waals surface area contributed by atoms with E-state index in [2.05, 4.69) is 39.1 Å². The van der Waals surface area contributed by atoms with E-state index in [9.17, 15) is 18.0 Å². The molecule has 0 aliphatic carbocycles. The van der Waals surface area contributed by atoms with Crippen LogP contribution < -0.4 is 11.1 Å². The number of likely N-dealkylation sites (tertiary alicyclic amines) is 1. The number of fused-ring (bicyclic) bond motifs is 1. The summed E-state index contributed by atoms with van der Waals surface area (Å²) in [7, 11) is 2.12. The van der Waals surface area contributed by atoms with Gasteiger partial charge in [0.2, 0.25) is 0 Å². The Morgan fingerprint density at radius 3 is 2.61 bits per heavy atom. The molecule has 0 saturated carbocycles. The molecule has 0 atom stereocenters. The number of amides is 1. The van der Waals surface area contributed by atoms with E-state index in [1.807, 2.05) is 11.6 Å². The quantitative estimate of drug-likeness (QED) is 0.322. The van der Waals surface area contributed by atoms with Gasteiger partial charge in [0.15, 0.2) is 5.65 Å². The van der Waals surface area contributed by atoms with Gasteiger partial charge >= 0.3 is 6.18 Å². The first kappa shape index (κ1) is 29.8. The van der Waals surface area contributed by atoms with Gasteiger partial charge in [0.05, 0.1) is 10.9 Å². The zero-order valence-corrected chi connectivity index (χ0v) is 23.3. The van der Waals surface area contributed by atoms with Crippen molar-refractivity contribution in [2.24, 2.45) is 5.92 Å². The molecule has 2 aromatic carbocycles. The minimum Gasteiger partial charge on any atom is -0.383 e. The Balaban J connectivity index is 0.00000387. The summed E-state index contributed by atoms with van der Waals surface area (Å²) in [5.74, 6) is 6.37. The van der Waals surface area contributed by atoms with Crippen molar-refractivity contribution in [3.05, 3.63) is 76.7 Å². The lowest BCUT2D eigenvalue weighted by Crippen LogP contribution is -2.32. The third-order valence-corrected chi connectivity index (χ3v) is 7.09. The molecule has 4 aromatic rings. The van der Waals surface area contributed by atoms with Gasteiger partial charge in [0.1, 0.15) is 17.8 Å². The second-order valence-electron chi connectivity index (χ2n) is 10.0. The Morgan fingerprint density at radius 1 is 1.12 bits per heavy atom. The fourth-order valence-corrected chi connectivity index (χ4v) is 4.74. The molecule has 0 unspecified atom stereocenters. The van der Waals surface area contributed by atoms with Crippen LogP contribution in [0.15, 0.2) is 48.8 Å². The molecule has 214 valence electrons. The van der Waals surface area contributed by atoms with Gasteiger partial charge in [-0.15, -0.1) is 12.4 Å². The van der Waals surface area contributed by atoms with E-state index in [-0.39, 0.29) is 29.5 Å². The van der Waals surface area contributed by atoms with Gasteiger partial charge in [0.25, 0.3) is 5.91 Å². The topological polar surface area (TPSA) is 102 Å². The summed E-state index contributed by atoms with van der Waals surface area (Å²) in [6.45, 7) is 4.62. The number of nitrogens with zero attached hydrogens (tertiary/aromatic N) is 5. The van der Waals surface area contributed by atoms with Crippen LogP contribution in [0, 0.1) is 24.7 Å². The molecule has 1 aliphatic rings.